The lowest BCUT2D eigenvalue weighted by Gasteiger charge is -2.25. The third-order valence-corrected chi connectivity index (χ3v) is 5.65. The second-order valence-electron chi connectivity index (χ2n) is 7.68. The number of amides is 1. The Balaban J connectivity index is 1.87. The fourth-order valence-electron chi connectivity index (χ4n) is 3.85. The predicted octanol–water partition coefficient (Wildman–Crippen LogP) is 3.32. The average Bonchev–Trinajstić information content (AvgIpc) is 3.21. The third-order valence-electron chi connectivity index (χ3n) is 5.65. The van der Waals surface area contributed by atoms with Crippen molar-refractivity contribution in [2.75, 3.05) is 38.6 Å². The van der Waals surface area contributed by atoms with Crippen LogP contribution in [0.4, 0.5) is 11.4 Å². The molecule has 0 aliphatic carbocycles. The lowest BCUT2D eigenvalue weighted by molar-refractivity contribution is -0.131. The van der Waals surface area contributed by atoms with Crippen molar-refractivity contribution >= 4 is 34.5 Å². The Kier molecular flexibility index (Phi) is 7.23. The molecule has 0 aliphatic rings. The minimum absolute atomic E-state index is 0.0696. The average molecular weight is 433 g/mol. The normalized spacial score (nSPS) is 10.9. The van der Waals surface area contributed by atoms with Crippen LogP contribution in [0.1, 0.15) is 35.5 Å². The van der Waals surface area contributed by atoms with E-state index in [1.807, 2.05) is 74.1 Å². The molecule has 0 unspecified atom stereocenters. The van der Waals surface area contributed by atoms with Crippen LogP contribution in [0.5, 0.6) is 0 Å². The molecular formula is C24H28N6O2. The number of nitrogens with one attached hydrogen (secondary N) is 1. The standard InChI is InChI=1S/C24H28N6O2/c1-5-30(6-2)24(32)15-28(3)14-17-8-7-9-23(20(17)16-31)29(4)18-10-11-21-19(12-18)22(13-25)27-26-21/h7-12,16H,5-6,14-15H2,1-4H3,(H,26,27). The number of anilines is 2. The molecule has 1 N–H and O–H groups in total. The number of benzene rings is 2. The lowest BCUT2D eigenvalue weighted by Crippen LogP contribution is -2.38. The first-order chi connectivity index (χ1) is 15.4. The van der Waals surface area contributed by atoms with Crippen LogP contribution in [-0.4, -0.2) is 65.9 Å². The fraction of sp³-hybridized carbons (Fsp3) is 0.333. The van der Waals surface area contributed by atoms with Crippen molar-refractivity contribution in [2.24, 2.45) is 0 Å². The largest absolute Gasteiger partial charge is 0.344 e. The SMILES string of the molecule is CCN(CC)C(=O)CN(C)Cc1cccc(N(C)c2ccc3[nH]nc(C#N)c3c2)c1C=O. The van der Waals surface area contributed by atoms with Gasteiger partial charge in [-0.15, -0.1) is 0 Å². The van der Waals surface area contributed by atoms with E-state index in [0.29, 0.717) is 30.9 Å². The van der Waals surface area contributed by atoms with E-state index in [0.717, 1.165) is 34.1 Å². The van der Waals surface area contributed by atoms with Crippen LogP contribution in [0.15, 0.2) is 36.4 Å². The summed E-state index contributed by atoms with van der Waals surface area (Å²) in [6.07, 6.45) is 0.859. The van der Waals surface area contributed by atoms with E-state index < -0.39 is 0 Å². The monoisotopic (exact) mass is 432 g/mol. The first-order valence-corrected chi connectivity index (χ1v) is 10.6. The quantitative estimate of drug-likeness (QED) is 0.521. The highest BCUT2D eigenvalue weighted by molar-refractivity contribution is 5.91. The zero-order chi connectivity index (χ0) is 23.3. The molecule has 166 valence electrons. The zero-order valence-corrected chi connectivity index (χ0v) is 18.9. The Morgan fingerprint density at radius 2 is 1.94 bits per heavy atom. The van der Waals surface area contributed by atoms with Gasteiger partial charge in [0.15, 0.2) is 12.0 Å². The Bertz CT molecular complexity index is 1160. The number of aromatic nitrogens is 2. The fourth-order valence-corrected chi connectivity index (χ4v) is 3.85. The van der Waals surface area contributed by atoms with Crippen molar-refractivity contribution in [1.29, 1.82) is 5.26 Å². The van der Waals surface area contributed by atoms with Gasteiger partial charge in [0, 0.05) is 43.3 Å². The van der Waals surface area contributed by atoms with Crippen LogP contribution >= 0.6 is 0 Å². The van der Waals surface area contributed by atoms with Crippen molar-refractivity contribution in [3.05, 3.63) is 53.2 Å². The van der Waals surface area contributed by atoms with Gasteiger partial charge in [0.25, 0.3) is 0 Å². The summed E-state index contributed by atoms with van der Waals surface area (Å²) in [6.45, 7) is 6.04. The van der Waals surface area contributed by atoms with Crippen LogP contribution in [0, 0.1) is 11.3 Å². The molecule has 0 spiro atoms. The second-order valence-corrected chi connectivity index (χ2v) is 7.68. The number of likely N-dealkylation sites (N-methyl/N-ethyl adjacent to an activating group) is 2. The highest BCUT2D eigenvalue weighted by atomic mass is 16.2. The van der Waals surface area contributed by atoms with Gasteiger partial charge < -0.3 is 9.80 Å². The topological polar surface area (TPSA) is 96.3 Å². The number of fused-ring (bicyclic) bond motifs is 1. The summed E-state index contributed by atoms with van der Waals surface area (Å²) in [5.74, 6) is 0.0696. The first-order valence-electron chi connectivity index (χ1n) is 10.6. The predicted molar refractivity (Wildman–Crippen MR) is 125 cm³/mol. The number of rotatable bonds is 9. The number of nitriles is 1. The zero-order valence-electron chi connectivity index (χ0n) is 18.9. The van der Waals surface area contributed by atoms with Gasteiger partial charge in [0.2, 0.25) is 5.91 Å². The molecule has 3 aromatic rings. The number of H-pyrrole nitrogens is 1. The van der Waals surface area contributed by atoms with Crippen LogP contribution in [0.2, 0.25) is 0 Å². The minimum atomic E-state index is 0.0696. The summed E-state index contributed by atoms with van der Waals surface area (Å²) in [4.78, 5) is 30.1. The number of nitrogens with zero attached hydrogens (tertiary/aromatic N) is 5. The lowest BCUT2D eigenvalue weighted by atomic mass is 10.0. The first kappa shape index (κ1) is 23.0. The highest BCUT2D eigenvalue weighted by Crippen LogP contribution is 2.31. The van der Waals surface area contributed by atoms with Crippen molar-refractivity contribution in [1.82, 2.24) is 20.0 Å². The van der Waals surface area contributed by atoms with Gasteiger partial charge in [-0.1, -0.05) is 12.1 Å². The number of carbonyl (C=O) groups excluding carboxylic acids is 2. The van der Waals surface area contributed by atoms with Crippen LogP contribution in [0.25, 0.3) is 10.9 Å². The smallest absolute Gasteiger partial charge is 0.236 e. The van der Waals surface area contributed by atoms with Gasteiger partial charge in [-0.2, -0.15) is 10.4 Å². The van der Waals surface area contributed by atoms with E-state index in [2.05, 4.69) is 16.3 Å². The van der Waals surface area contributed by atoms with E-state index in [9.17, 15) is 14.9 Å². The van der Waals surface area contributed by atoms with Crippen molar-refractivity contribution in [2.45, 2.75) is 20.4 Å². The molecular weight excluding hydrogens is 404 g/mol. The Morgan fingerprint density at radius 1 is 1.19 bits per heavy atom. The maximum Gasteiger partial charge on any atom is 0.236 e. The van der Waals surface area contributed by atoms with E-state index in [1.165, 1.54) is 0 Å². The van der Waals surface area contributed by atoms with E-state index in [1.54, 1.807) is 4.90 Å². The van der Waals surface area contributed by atoms with E-state index in [4.69, 9.17) is 0 Å². The molecule has 0 fully saturated rings. The summed E-state index contributed by atoms with van der Waals surface area (Å²) in [7, 11) is 3.76. The highest BCUT2D eigenvalue weighted by Gasteiger charge is 2.17. The number of aldehydes is 1. The summed E-state index contributed by atoms with van der Waals surface area (Å²) >= 11 is 0. The van der Waals surface area contributed by atoms with Crippen LogP contribution in [-0.2, 0) is 11.3 Å². The van der Waals surface area contributed by atoms with Crippen LogP contribution in [0.3, 0.4) is 0 Å². The molecule has 0 saturated heterocycles. The van der Waals surface area contributed by atoms with Crippen molar-refractivity contribution in [3.63, 3.8) is 0 Å². The van der Waals surface area contributed by atoms with Gasteiger partial charge in [-0.25, -0.2) is 0 Å². The number of carbonyl (C=O) groups is 2. The number of hydrogen-bond acceptors (Lipinski definition) is 6. The summed E-state index contributed by atoms with van der Waals surface area (Å²) in [6, 6.07) is 13.5. The van der Waals surface area contributed by atoms with Gasteiger partial charge in [-0.3, -0.25) is 19.6 Å². The molecule has 1 aromatic heterocycles. The molecule has 1 amide bonds. The van der Waals surface area contributed by atoms with Gasteiger partial charge in [0.05, 0.1) is 17.7 Å². The summed E-state index contributed by atoms with van der Waals surface area (Å²) in [5, 5.41) is 16.9. The molecule has 32 heavy (non-hydrogen) atoms. The molecule has 0 aliphatic heterocycles. The molecule has 0 bridgehead atoms. The van der Waals surface area contributed by atoms with Gasteiger partial charge in [0.1, 0.15) is 6.07 Å². The Morgan fingerprint density at radius 3 is 2.59 bits per heavy atom. The number of hydrogen-bond donors (Lipinski definition) is 1. The maximum atomic E-state index is 12.4. The molecule has 1 heterocycles. The molecule has 0 saturated carbocycles. The van der Waals surface area contributed by atoms with E-state index in [-0.39, 0.29) is 12.5 Å². The number of aromatic amines is 1. The molecule has 3 rings (SSSR count). The Hall–Kier alpha value is -3.70. The van der Waals surface area contributed by atoms with Crippen LogP contribution < -0.4 is 4.90 Å². The second kappa shape index (κ2) is 10.1. The Labute approximate surface area is 188 Å². The van der Waals surface area contributed by atoms with Crippen molar-refractivity contribution < 1.29 is 9.59 Å². The minimum Gasteiger partial charge on any atom is -0.344 e. The molecule has 2 aromatic carbocycles. The molecule has 8 heteroatoms. The van der Waals surface area contributed by atoms with E-state index >= 15 is 0 Å². The molecule has 0 radical (unpaired) electrons. The van der Waals surface area contributed by atoms with Gasteiger partial charge >= 0.3 is 0 Å². The van der Waals surface area contributed by atoms with Gasteiger partial charge in [-0.05, 0) is 50.7 Å². The summed E-state index contributed by atoms with van der Waals surface area (Å²) < 4.78 is 0. The molecule has 8 nitrogen and oxygen atoms in total. The molecule has 0 atom stereocenters. The maximum absolute atomic E-state index is 12.4. The van der Waals surface area contributed by atoms with Crippen molar-refractivity contribution in [3.8, 4) is 6.07 Å². The third kappa shape index (κ3) is 4.63. The summed E-state index contributed by atoms with van der Waals surface area (Å²) in [5.41, 5.74) is 4.12.